The van der Waals surface area contributed by atoms with E-state index in [1.807, 2.05) is 13.8 Å². The molecule has 102 valence electrons. The van der Waals surface area contributed by atoms with Gasteiger partial charge in [0.2, 0.25) is 15.9 Å². The number of primary sulfonamides is 1. The van der Waals surface area contributed by atoms with E-state index in [4.69, 9.17) is 5.14 Å². The first-order chi connectivity index (χ1) is 8.29. The van der Waals surface area contributed by atoms with Gasteiger partial charge in [-0.05, 0) is 20.3 Å². The lowest BCUT2D eigenvalue weighted by Gasteiger charge is -2.05. The minimum Gasteiger partial charge on any atom is -0.352 e. The van der Waals surface area contributed by atoms with Crippen LogP contribution in [0, 0.1) is 13.8 Å². The van der Waals surface area contributed by atoms with E-state index in [1.165, 1.54) is 0 Å². The summed E-state index contributed by atoms with van der Waals surface area (Å²) in [7, 11) is -3.49. The normalized spacial score (nSPS) is 11.5. The third kappa shape index (κ3) is 4.84. The maximum Gasteiger partial charge on any atom is 0.220 e. The number of nitrogens with zero attached hydrogens (tertiary/aromatic N) is 1. The largest absolute Gasteiger partial charge is 0.352 e. The molecule has 1 aromatic heterocycles. The highest BCUT2D eigenvalue weighted by Gasteiger charge is 2.09. The van der Waals surface area contributed by atoms with Gasteiger partial charge in [-0.2, -0.15) is 5.10 Å². The summed E-state index contributed by atoms with van der Waals surface area (Å²) in [6.07, 6.45) is 0.375. The van der Waals surface area contributed by atoms with Crippen LogP contribution < -0.4 is 10.5 Å². The van der Waals surface area contributed by atoms with E-state index in [9.17, 15) is 13.2 Å². The van der Waals surface area contributed by atoms with Gasteiger partial charge in [0.15, 0.2) is 0 Å². The van der Waals surface area contributed by atoms with E-state index in [0.29, 0.717) is 6.54 Å². The van der Waals surface area contributed by atoms with E-state index in [-0.39, 0.29) is 24.5 Å². The average Bonchev–Trinajstić information content (AvgIpc) is 2.54. The molecule has 0 aliphatic heterocycles. The molecule has 0 spiro atoms. The molecule has 0 aliphatic rings. The monoisotopic (exact) mass is 274 g/mol. The predicted molar refractivity (Wildman–Crippen MR) is 67.1 cm³/mol. The lowest BCUT2D eigenvalue weighted by atomic mass is 10.2. The number of nitrogens with two attached hydrogens (primary N) is 1. The summed E-state index contributed by atoms with van der Waals surface area (Å²) in [5, 5.41) is 14.4. The molecule has 0 saturated heterocycles. The molecule has 0 atom stereocenters. The Labute approximate surface area is 106 Å². The van der Waals surface area contributed by atoms with Crippen LogP contribution >= 0.6 is 0 Å². The Balaban J connectivity index is 2.34. The molecule has 1 amide bonds. The summed E-state index contributed by atoms with van der Waals surface area (Å²) in [6.45, 7) is 4.12. The lowest BCUT2D eigenvalue weighted by molar-refractivity contribution is -0.121. The van der Waals surface area contributed by atoms with Gasteiger partial charge in [0.1, 0.15) is 0 Å². The van der Waals surface area contributed by atoms with Crippen LogP contribution in [0.1, 0.15) is 29.8 Å². The third-order valence-corrected chi connectivity index (χ3v) is 3.43. The van der Waals surface area contributed by atoms with Crippen LogP contribution in [0.25, 0.3) is 0 Å². The fourth-order valence-electron chi connectivity index (χ4n) is 1.54. The summed E-state index contributed by atoms with van der Waals surface area (Å²) in [5.74, 6) is -0.372. The second kappa shape index (κ2) is 5.96. The summed E-state index contributed by atoms with van der Waals surface area (Å²) in [6, 6.07) is 0. The first-order valence-electron chi connectivity index (χ1n) is 5.57. The van der Waals surface area contributed by atoms with Gasteiger partial charge in [-0.1, -0.05) is 0 Å². The van der Waals surface area contributed by atoms with Crippen molar-refractivity contribution in [2.24, 2.45) is 5.14 Å². The first-order valence-corrected chi connectivity index (χ1v) is 7.29. The topological polar surface area (TPSA) is 118 Å². The molecular formula is C10H18N4O3S. The number of hydrogen-bond acceptors (Lipinski definition) is 4. The van der Waals surface area contributed by atoms with E-state index < -0.39 is 10.0 Å². The Morgan fingerprint density at radius 3 is 2.61 bits per heavy atom. The molecular weight excluding hydrogens is 256 g/mol. The van der Waals surface area contributed by atoms with Crippen LogP contribution in [0.2, 0.25) is 0 Å². The van der Waals surface area contributed by atoms with Crippen LogP contribution in [-0.2, 0) is 21.4 Å². The van der Waals surface area contributed by atoms with Gasteiger partial charge < -0.3 is 5.32 Å². The quantitative estimate of drug-likeness (QED) is 0.660. The van der Waals surface area contributed by atoms with Gasteiger partial charge in [-0.15, -0.1) is 0 Å². The standard InChI is InChI=1S/C10H18N4O3S/c1-7-9(8(2)14-13-7)6-12-10(15)4-3-5-18(11,16)17/h3-6H2,1-2H3,(H,12,15)(H,13,14)(H2,11,16,17). The maximum absolute atomic E-state index is 11.5. The van der Waals surface area contributed by atoms with Gasteiger partial charge >= 0.3 is 0 Å². The van der Waals surface area contributed by atoms with Gasteiger partial charge in [-0.25, -0.2) is 13.6 Å². The van der Waals surface area contributed by atoms with Crippen molar-refractivity contribution >= 4 is 15.9 Å². The molecule has 0 aliphatic carbocycles. The van der Waals surface area contributed by atoms with E-state index in [2.05, 4.69) is 15.5 Å². The molecule has 0 saturated carbocycles. The van der Waals surface area contributed by atoms with E-state index in [0.717, 1.165) is 17.0 Å². The molecule has 18 heavy (non-hydrogen) atoms. The molecule has 4 N–H and O–H groups in total. The molecule has 0 aromatic carbocycles. The number of H-pyrrole nitrogens is 1. The molecule has 0 unspecified atom stereocenters. The van der Waals surface area contributed by atoms with Gasteiger partial charge in [0.25, 0.3) is 0 Å². The number of carbonyl (C=O) groups is 1. The molecule has 1 aromatic rings. The highest BCUT2D eigenvalue weighted by molar-refractivity contribution is 7.89. The Morgan fingerprint density at radius 2 is 2.11 bits per heavy atom. The van der Waals surface area contributed by atoms with Crippen molar-refractivity contribution in [3.63, 3.8) is 0 Å². The third-order valence-electron chi connectivity index (χ3n) is 2.58. The van der Waals surface area contributed by atoms with Crippen molar-refractivity contribution in [1.82, 2.24) is 15.5 Å². The van der Waals surface area contributed by atoms with Crippen LogP contribution in [0.4, 0.5) is 0 Å². The fraction of sp³-hybridized carbons (Fsp3) is 0.600. The Bertz CT molecular complexity index is 502. The zero-order valence-corrected chi connectivity index (χ0v) is 11.3. The number of aryl methyl sites for hydroxylation is 2. The second-order valence-corrected chi connectivity index (χ2v) is 5.89. The van der Waals surface area contributed by atoms with Crippen LogP contribution in [0.5, 0.6) is 0 Å². The number of hydrogen-bond donors (Lipinski definition) is 3. The van der Waals surface area contributed by atoms with Crippen LogP contribution in [0.3, 0.4) is 0 Å². The molecule has 1 heterocycles. The van der Waals surface area contributed by atoms with Crippen molar-refractivity contribution in [2.75, 3.05) is 5.75 Å². The van der Waals surface area contributed by atoms with Gasteiger partial charge in [-0.3, -0.25) is 9.89 Å². The van der Waals surface area contributed by atoms with Gasteiger partial charge in [0, 0.05) is 24.2 Å². The number of rotatable bonds is 6. The Hall–Kier alpha value is -1.41. The SMILES string of the molecule is Cc1n[nH]c(C)c1CNC(=O)CCCS(N)(=O)=O. The first kappa shape index (κ1) is 14.7. The van der Waals surface area contributed by atoms with Crippen molar-refractivity contribution in [3.8, 4) is 0 Å². The number of sulfonamides is 1. The molecule has 1 rings (SSSR count). The van der Waals surface area contributed by atoms with Crippen molar-refractivity contribution < 1.29 is 13.2 Å². The summed E-state index contributed by atoms with van der Waals surface area (Å²) in [4.78, 5) is 11.5. The zero-order valence-electron chi connectivity index (χ0n) is 10.5. The summed E-state index contributed by atoms with van der Waals surface area (Å²) in [5.41, 5.74) is 2.71. The highest BCUT2D eigenvalue weighted by atomic mass is 32.2. The molecule has 7 nitrogen and oxygen atoms in total. The molecule has 0 fully saturated rings. The minimum absolute atomic E-state index is 0.145. The minimum atomic E-state index is -3.49. The number of carbonyl (C=O) groups excluding carboxylic acids is 1. The van der Waals surface area contributed by atoms with Crippen LogP contribution in [-0.4, -0.2) is 30.3 Å². The molecule has 0 bridgehead atoms. The molecule has 8 heteroatoms. The predicted octanol–water partition coefficient (Wildman–Crippen LogP) is -0.289. The number of aromatic amines is 1. The number of nitrogens with one attached hydrogen (secondary N) is 2. The zero-order chi connectivity index (χ0) is 13.8. The van der Waals surface area contributed by atoms with Gasteiger partial charge in [0.05, 0.1) is 11.4 Å². The van der Waals surface area contributed by atoms with Crippen LogP contribution in [0.15, 0.2) is 0 Å². The molecule has 0 radical (unpaired) electrons. The Morgan fingerprint density at radius 1 is 1.44 bits per heavy atom. The van der Waals surface area contributed by atoms with E-state index >= 15 is 0 Å². The summed E-state index contributed by atoms with van der Waals surface area (Å²) < 4.78 is 21.4. The smallest absolute Gasteiger partial charge is 0.220 e. The van der Waals surface area contributed by atoms with Crippen molar-refractivity contribution in [3.05, 3.63) is 17.0 Å². The summed E-state index contributed by atoms with van der Waals surface area (Å²) >= 11 is 0. The lowest BCUT2D eigenvalue weighted by Crippen LogP contribution is -2.24. The number of aromatic nitrogens is 2. The number of amides is 1. The second-order valence-electron chi connectivity index (χ2n) is 4.16. The average molecular weight is 274 g/mol. The maximum atomic E-state index is 11.5. The fourth-order valence-corrected chi connectivity index (χ4v) is 2.09. The Kier molecular flexibility index (Phi) is 4.85. The van der Waals surface area contributed by atoms with E-state index in [1.54, 1.807) is 0 Å². The highest BCUT2D eigenvalue weighted by Crippen LogP contribution is 2.08. The van der Waals surface area contributed by atoms with Crippen molar-refractivity contribution in [2.45, 2.75) is 33.2 Å². The van der Waals surface area contributed by atoms with Crippen molar-refractivity contribution in [1.29, 1.82) is 0 Å².